The van der Waals surface area contributed by atoms with Crippen molar-refractivity contribution in [2.75, 3.05) is 5.43 Å². The lowest BCUT2D eigenvalue weighted by molar-refractivity contribution is 0.0697. The first-order valence-electron chi connectivity index (χ1n) is 6.66. The molecule has 0 bridgehead atoms. The van der Waals surface area contributed by atoms with E-state index in [-0.39, 0.29) is 5.56 Å². The number of hydrazone groups is 1. The lowest BCUT2D eigenvalue weighted by atomic mass is 10.1. The molecule has 0 aliphatic rings. The van der Waals surface area contributed by atoms with Crippen LogP contribution in [0.5, 0.6) is 0 Å². The molecule has 0 fully saturated rings. The third kappa shape index (κ3) is 8.96. The van der Waals surface area contributed by atoms with Crippen LogP contribution in [0.4, 0.5) is 5.69 Å². The average molecular weight is 431 g/mol. The van der Waals surface area contributed by atoms with Crippen molar-refractivity contribution < 1.29 is 27.4 Å². The summed E-state index contributed by atoms with van der Waals surface area (Å²) in [6.07, 6.45) is 0. The van der Waals surface area contributed by atoms with Crippen molar-refractivity contribution in [3.05, 3.63) is 64.1 Å². The number of carbonyl (C=O) groups is 1. The lowest BCUT2D eigenvalue weighted by Gasteiger charge is -2.04. The molecule has 0 unspecified atom stereocenters. The monoisotopic (exact) mass is 430 g/mol. The van der Waals surface area contributed by atoms with Gasteiger partial charge in [-0.25, -0.2) is 4.79 Å². The van der Waals surface area contributed by atoms with Gasteiger partial charge in [0.15, 0.2) is 0 Å². The molecule has 134 valence electrons. The number of nitrogens with one attached hydrogen (secondary N) is 1. The van der Waals surface area contributed by atoms with Crippen LogP contribution in [-0.2, 0) is 10.4 Å². The largest absolute Gasteiger partial charge is 0.478 e. The van der Waals surface area contributed by atoms with E-state index in [1.807, 2.05) is 31.2 Å². The van der Waals surface area contributed by atoms with E-state index in [9.17, 15) is 4.79 Å². The standard InChI is InChI=1S/C15H13BrN2O2.H2O4S/c1-10(11-2-6-13(16)7-3-11)17-18-14-8-4-12(5-9-14)15(19)20;1-5(2,3)4/h2-9,18H,1H3,(H,19,20);(H2,1,2,3,4)/b17-10+;. The number of anilines is 1. The highest BCUT2D eigenvalue weighted by Crippen LogP contribution is 2.13. The van der Waals surface area contributed by atoms with E-state index in [0.29, 0.717) is 0 Å². The number of rotatable bonds is 4. The van der Waals surface area contributed by atoms with E-state index in [1.54, 1.807) is 12.1 Å². The van der Waals surface area contributed by atoms with Crippen molar-refractivity contribution in [1.29, 1.82) is 0 Å². The second-order valence-corrected chi connectivity index (χ2v) is 6.46. The normalized spacial score (nSPS) is 11.3. The minimum atomic E-state index is -4.67. The Hall–Kier alpha value is -2.27. The summed E-state index contributed by atoms with van der Waals surface area (Å²) in [6.45, 7) is 1.90. The fourth-order valence-electron chi connectivity index (χ4n) is 1.59. The molecular formula is C15H15BrN2O6S. The number of nitrogens with zero attached hydrogens (tertiary/aromatic N) is 1. The Morgan fingerprint density at radius 3 is 1.88 bits per heavy atom. The summed E-state index contributed by atoms with van der Waals surface area (Å²) in [5, 5.41) is 13.1. The van der Waals surface area contributed by atoms with Crippen LogP contribution in [0.25, 0.3) is 0 Å². The third-order valence-corrected chi connectivity index (χ3v) is 3.28. The summed E-state index contributed by atoms with van der Waals surface area (Å²) in [7, 11) is -4.67. The van der Waals surface area contributed by atoms with E-state index in [0.717, 1.165) is 21.4 Å². The number of hydrogen-bond acceptors (Lipinski definition) is 5. The number of carboxylic acids is 1. The molecule has 2 aromatic rings. The second kappa shape index (κ2) is 9.28. The minimum absolute atomic E-state index is 0.254. The maximum atomic E-state index is 10.7. The highest BCUT2D eigenvalue weighted by molar-refractivity contribution is 9.10. The molecular weight excluding hydrogens is 416 g/mol. The quantitative estimate of drug-likeness (QED) is 0.331. The molecule has 0 aliphatic carbocycles. The van der Waals surface area contributed by atoms with Crippen molar-refractivity contribution in [3.8, 4) is 0 Å². The molecule has 0 saturated heterocycles. The molecule has 8 nitrogen and oxygen atoms in total. The highest BCUT2D eigenvalue weighted by atomic mass is 79.9. The first-order chi connectivity index (χ1) is 11.6. The zero-order valence-corrected chi connectivity index (χ0v) is 15.3. The lowest BCUT2D eigenvalue weighted by Crippen LogP contribution is -2.00. The van der Waals surface area contributed by atoms with Crippen LogP contribution >= 0.6 is 15.9 Å². The second-order valence-electron chi connectivity index (χ2n) is 4.65. The van der Waals surface area contributed by atoms with Crippen molar-refractivity contribution in [2.45, 2.75) is 6.92 Å². The van der Waals surface area contributed by atoms with Crippen LogP contribution < -0.4 is 5.43 Å². The molecule has 2 aromatic carbocycles. The Bertz CT molecular complexity index is 841. The Morgan fingerprint density at radius 2 is 1.44 bits per heavy atom. The van der Waals surface area contributed by atoms with Crippen molar-refractivity contribution in [1.82, 2.24) is 0 Å². The van der Waals surface area contributed by atoms with Gasteiger partial charge in [0.25, 0.3) is 0 Å². The van der Waals surface area contributed by atoms with Gasteiger partial charge in [0.2, 0.25) is 0 Å². The topological polar surface area (TPSA) is 136 Å². The molecule has 0 radical (unpaired) electrons. The Morgan fingerprint density at radius 1 is 1.00 bits per heavy atom. The van der Waals surface area contributed by atoms with Gasteiger partial charge in [-0.1, -0.05) is 28.1 Å². The third-order valence-electron chi connectivity index (χ3n) is 2.75. The maximum Gasteiger partial charge on any atom is 0.394 e. The smallest absolute Gasteiger partial charge is 0.394 e. The van der Waals surface area contributed by atoms with Crippen molar-refractivity contribution >= 4 is 43.7 Å². The van der Waals surface area contributed by atoms with Gasteiger partial charge in [0.1, 0.15) is 0 Å². The Balaban J connectivity index is 0.000000550. The van der Waals surface area contributed by atoms with E-state index in [4.69, 9.17) is 22.6 Å². The van der Waals surface area contributed by atoms with Crippen molar-refractivity contribution in [3.63, 3.8) is 0 Å². The molecule has 0 amide bonds. The zero-order chi connectivity index (χ0) is 19.0. The van der Waals surface area contributed by atoms with Crippen molar-refractivity contribution in [2.24, 2.45) is 5.10 Å². The number of benzene rings is 2. The van der Waals surface area contributed by atoms with Crippen LogP contribution in [-0.4, -0.2) is 34.3 Å². The van der Waals surface area contributed by atoms with Gasteiger partial charge in [-0.3, -0.25) is 14.5 Å². The van der Waals surface area contributed by atoms with Crippen LogP contribution in [0.3, 0.4) is 0 Å². The van der Waals surface area contributed by atoms with Crippen LogP contribution in [0.15, 0.2) is 58.1 Å². The van der Waals surface area contributed by atoms with E-state index < -0.39 is 16.4 Å². The Kier molecular flexibility index (Phi) is 7.71. The van der Waals surface area contributed by atoms with Crippen LogP contribution in [0, 0.1) is 0 Å². The molecule has 10 heteroatoms. The van der Waals surface area contributed by atoms with Gasteiger partial charge < -0.3 is 5.11 Å². The summed E-state index contributed by atoms with van der Waals surface area (Å²) in [5.41, 5.74) is 5.77. The predicted molar refractivity (Wildman–Crippen MR) is 97.6 cm³/mol. The molecule has 25 heavy (non-hydrogen) atoms. The molecule has 0 aliphatic heterocycles. The van der Waals surface area contributed by atoms with Crippen LogP contribution in [0.2, 0.25) is 0 Å². The first kappa shape index (κ1) is 20.8. The Labute approximate surface area is 152 Å². The molecule has 0 saturated carbocycles. The number of hydrogen-bond donors (Lipinski definition) is 4. The van der Waals surface area contributed by atoms with Gasteiger partial charge in [-0.2, -0.15) is 13.5 Å². The summed E-state index contributed by atoms with van der Waals surface area (Å²) in [6, 6.07) is 14.3. The highest BCUT2D eigenvalue weighted by Gasteiger charge is 2.01. The predicted octanol–water partition coefficient (Wildman–Crippen LogP) is 3.33. The molecule has 0 spiro atoms. The molecule has 0 atom stereocenters. The summed E-state index contributed by atoms with van der Waals surface area (Å²) in [4.78, 5) is 10.7. The number of carboxylic acid groups (broad SMARTS) is 1. The maximum absolute atomic E-state index is 10.7. The summed E-state index contributed by atoms with van der Waals surface area (Å²) >= 11 is 3.39. The molecule has 2 rings (SSSR count). The van der Waals surface area contributed by atoms with Gasteiger partial charge in [-0.15, -0.1) is 0 Å². The summed E-state index contributed by atoms with van der Waals surface area (Å²) in [5.74, 6) is -0.939. The van der Waals surface area contributed by atoms with E-state index >= 15 is 0 Å². The zero-order valence-electron chi connectivity index (χ0n) is 12.9. The molecule has 0 aromatic heterocycles. The van der Waals surface area contributed by atoms with E-state index in [2.05, 4.69) is 26.5 Å². The first-order valence-corrected chi connectivity index (χ1v) is 8.85. The van der Waals surface area contributed by atoms with Crippen LogP contribution in [0.1, 0.15) is 22.8 Å². The van der Waals surface area contributed by atoms with E-state index in [1.165, 1.54) is 12.1 Å². The SMILES string of the molecule is C/C(=N\Nc1ccc(C(=O)O)cc1)c1ccc(Br)cc1.O=S(=O)(O)O. The van der Waals surface area contributed by atoms with Gasteiger partial charge in [0.05, 0.1) is 17.0 Å². The number of aromatic carboxylic acids is 1. The number of halogens is 1. The average Bonchev–Trinajstić information content (AvgIpc) is 2.52. The summed E-state index contributed by atoms with van der Waals surface area (Å²) < 4.78 is 32.6. The fourth-order valence-corrected chi connectivity index (χ4v) is 1.86. The minimum Gasteiger partial charge on any atom is -0.478 e. The van der Waals surface area contributed by atoms with Gasteiger partial charge >= 0.3 is 16.4 Å². The van der Waals surface area contributed by atoms with Gasteiger partial charge in [-0.05, 0) is 48.9 Å². The molecule has 0 heterocycles. The molecule has 4 N–H and O–H groups in total. The van der Waals surface area contributed by atoms with Gasteiger partial charge in [0, 0.05) is 4.47 Å². The fraction of sp³-hybridized carbons (Fsp3) is 0.0667.